The van der Waals surface area contributed by atoms with E-state index in [4.69, 9.17) is 17.0 Å². The molecule has 0 saturated carbocycles. The number of amides is 2. The van der Waals surface area contributed by atoms with Gasteiger partial charge >= 0.3 is 184 Å². The van der Waals surface area contributed by atoms with Gasteiger partial charge in [-0.25, -0.2) is 0 Å². The van der Waals surface area contributed by atoms with Crippen molar-refractivity contribution in [3.8, 4) is 11.5 Å². The first-order chi connectivity index (χ1) is 14.5. The Morgan fingerprint density at radius 3 is 2.77 bits per heavy atom. The molecule has 1 N–H and O–H groups in total. The summed E-state index contributed by atoms with van der Waals surface area (Å²) in [5.74, 6) is 1.26. The minimum atomic E-state index is -0.475. The molecule has 1 saturated heterocycles. The third-order valence-electron chi connectivity index (χ3n) is 4.71. The van der Waals surface area contributed by atoms with E-state index in [0.29, 0.717) is 11.6 Å². The van der Waals surface area contributed by atoms with Crippen molar-refractivity contribution in [1.82, 2.24) is 15.2 Å². The first-order valence-corrected chi connectivity index (χ1v) is 11.1. The third kappa shape index (κ3) is 3.04. The molecular weight excluding hydrogens is 467 g/mol. The summed E-state index contributed by atoms with van der Waals surface area (Å²) in [6.45, 7) is 0. The quantitative estimate of drug-likeness (QED) is 0.205. The number of hydrogen-bond donors (Lipinski definition) is 1. The molecule has 0 bridgehead atoms. The normalized spacial score (nSPS) is 16.8. The molecule has 4 heterocycles. The fourth-order valence-electron chi connectivity index (χ4n) is 3.24. The zero-order chi connectivity index (χ0) is 20.8. The summed E-state index contributed by atoms with van der Waals surface area (Å²) in [4.78, 5) is 32.6. The van der Waals surface area contributed by atoms with Crippen molar-refractivity contribution >= 4 is 65.8 Å². The van der Waals surface area contributed by atoms with Gasteiger partial charge in [-0.2, -0.15) is 0 Å². The van der Waals surface area contributed by atoms with Crippen LogP contribution in [0.15, 0.2) is 60.3 Å². The predicted molar refractivity (Wildman–Crippen MR) is 117 cm³/mol. The molecular formula is C21H14N4O3SSe. The van der Waals surface area contributed by atoms with E-state index in [9.17, 15) is 9.59 Å². The number of rotatable bonds is 2. The van der Waals surface area contributed by atoms with Crippen molar-refractivity contribution in [2.24, 2.45) is 0 Å². The molecule has 1 fully saturated rings. The van der Waals surface area contributed by atoms with E-state index >= 15 is 0 Å². The number of para-hydroxylation sites is 2. The van der Waals surface area contributed by atoms with Gasteiger partial charge in [-0.15, -0.1) is 0 Å². The number of aromatic nitrogens is 1. The number of fused-ring (bicyclic) bond motifs is 2. The fourth-order valence-corrected chi connectivity index (χ4v) is 5.44. The molecule has 9 heteroatoms. The zero-order valence-corrected chi connectivity index (χ0v) is 18.2. The Balaban J connectivity index is 1.56. The number of ether oxygens (including phenoxy) is 1. The van der Waals surface area contributed by atoms with Crippen LogP contribution in [-0.4, -0.2) is 48.4 Å². The van der Waals surface area contributed by atoms with E-state index in [1.807, 2.05) is 48.5 Å². The summed E-state index contributed by atoms with van der Waals surface area (Å²) in [5, 5.41) is 2.65. The van der Waals surface area contributed by atoms with Crippen LogP contribution in [0.25, 0.3) is 6.08 Å². The van der Waals surface area contributed by atoms with E-state index in [2.05, 4.69) is 15.2 Å². The second-order valence-corrected chi connectivity index (χ2v) is 9.27. The van der Waals surface area contributed by atoms with E-state index < -0.39 is 11.8 Å². The predicted octanol–water partition coefficient (Wildman–Crippen LogP) is 2.97. The summed E-state index contributed by atoms with van der Waals surface area (Å²) >= 11 is 4.85. The SMILES string of the molecule is CN1C(=O)/C(=C/c2ccc(N3c4ccccc4Oc4cccnc43)[se]2)C(=O)NC1=S. The molecule has 0 aliphatic carbocycles. The molecule has 148 valence electrons. The van der Waals surface area contributed by atoms with Crippen molar-refractivity contribution < 1.29 is 14.3 Å². The average molecular weight is 481 g/mol. The topological polar surface area (TPSA) is 74.8 Å². The fraction of sp³-hybridized carbons (Fsp3) is 0.0476. The Kier molecular flexibility index (Phi) is 4.51. The summed E-state index contributed by atoms with van der Waals surface area (Å²) < 4.78 is 7.92. The molecule has 0 radical (unpaired) electrons. The van der Waals surface area contributed by atoms with E-state index in [1.165, 1.54) is 4.90 Å². The van der Waals surface area contributed by atoms with Gasteiger partial charge in [-0.1, -0.05) is 0 Å². The van der Waals surface area contributed by atoms with Gasteiger partial charge in [0.05, 0.1) is 0 Å². The van der Waals surface area contributed by atoms with E-state index in [-0.39, 0.29) is 25.2 Å². The summed E-state index contributed by atoms with van der Waals surface area (Å²) in [6.07, 6.45) is 3.37. The Labute approximate surface area is 183 Å². The Hall–Kier alpha value is -3.26. The van der Waals surface area contributed by atoms with Crippen LogP contribution in [0.2, 0.25) is 0 Å². The molecule has 30 heavy (non-hydrogen) atoms. The number of nitrogens with zero attached hydrogens (tertiary/aromatic N) is 3. The molecule has 3 aromatic rings. The number of thiocarbonyl (C=S) groups is 1. The van der Waals surface area contributed by atoms with Crippen LogP contribution < -0.4 is 15.0 Å². The van der Waals surface area contributed by atoms with Gasteiger partial charge in [0.1, 0.15) is 0 Å². The number of carbonyl (C=O) groups is 2. The van der Waals surface area contributed by atoms with Gasteiger partial charge < -0.3 is 0 Å². The molecule has 0 spiro atoms. The van der Waals surface area contributed by atoms with Crippen molar-refractivity contribution in [1.29, 1.82) is 0 Å². The molecule has 2 aromatic heterocycles. The van der Waals surface area contributed by atoms with Gasteiger partial charge in [0.2, 0.25) is 0 Å². The van der Waals surface area contributed by atoms with Crippen LogP contribution in [0.4, 0.5) is 16.1 Å². The number of anilines is 3. The molecule has 2 aliphatic heterocycles. The third-order valence-corrected chi connectivity index (χ3v) is 7.22. The van der Waals surface area contributed by atoms with Crippen LogP contribution in [0.5, 0.6) is 11.5 Å². The standard InChI is InChI=1S/C21H14N4O3SSe/c1-24-20(27)13(19(26)23-21(24)29)11-12-8-9-17(30-12)25-14-5-2-3-6-15(14)28-16-7-4-10-22-18(16)25/h2-11H,1H3,(H,23,26,29)/b13-11+. The number of carbonyl (C=O) groups excluding carboxylic acids is 2. The van der Waals surface area contributed by atoms with Gasteiger partial charge in [0.25, 0.3) is 0 Å². The molecule has 5 rings (SSSR count). The van der Waals surface area contributed by atoms with E-state index in [0.717, 1.165) is 20.4 Å². The van der Waals surface area contributed by atoms with Gasteiger partial charge in [0, 0.05) is 0 Å². The maximum absolute atomic E-state index is 12.5. The second kappa shape index (κ2) is 7.21. The van der Waals surface area contributed by atoms with Crippen LogP contribution in [0, 0.1) is 0 Å². The van der Waals surface area contributed by atoms with Gasteiger partial charge in [-0.05, 0) is 0 Å². The first kappa shape index (κ1) is 18.7. The van der Waals surface area contributed by atoms with Crippen LogP contribution in [-0.2, 0) is 9.59 Å². The van der Waals surface area contributed by atoms with Crippen molar-refractivity contribution in [2.75, 3.05) is 11.9 Å². The molecule has 2 aliphatic rings. The number of nitrogens with one attached hydrogen (secondary N) is 1. The summed E-state index contributed by atoms with van der Waals surface area (Å²) in [7, 11) is 1.54. The first-order valence-electron chi connectivity index (χ1n) is 9.00. The van der Waals surface area contributed by atoms with Gasteiger partial charge in [0.15, 0.2) is 0 Å². The number of benzene rings is 1. The van der Waals surface area contributed by atoms with Crippen molar-refractivity contribution in [2.45, 2.75) is 0 Å². The number of hydrogen-bond acceptors (Lipinski definition) is 6. The molecule has 2 amide bonds. The molecule has 0 atom stereocenters. The Bertz CT molecular complexity index is 1210. The average Bonchev–Trinajstić information content (AvgIpc) is 3.21. The number of pyridine rings is 1. The molecule has 7 nitrogen and oxygen atoms in total. The molecule has 1 aromatic carbocycles. The zero-order valence-electron chi connectivity index (χ0n) is 15.7. The van der Waals surface area contributed by atoms with E-state index in [1.54, 1.807) is 19.3 Å². The van der Waals surface area contributed by atoms with Crippen molar-refractivity contribution in [3.05, 3.63) is 64.7 Å². The second-order valence-electron chi connectivity index (χ2n) is 6.59. The minimum absolute atomic E-state index is 0.0785. The summed E-state index contributed by atoms with van der Waals surface area (Å²) in [5.41, 5.74) is 0.977. The summed E-state index contributed by atoms with van der Waals surface area (Å²) in [6, 6.07) is 15.4. The van der Waals surface area contributed by atoms with Crippen molar-refractivity contribution in [3.63, 3.8) is 0 Å². The van der Waals surface area contributed by atoms with Crippen LogP contribution in [0.3, 0.4) is 0 Å². The monoisotopic (exact) mass is 482 g/mol. The van der Waals surface area contributed by atoms with Crippen LogP contribution >= 0.6 is 12.2 Å². The van der Waals surface area contributed by atoms with Crippen LogP contribution in [0.1, 0.15) is 4.44 Å². The number of likely N-dealkylation sites (N-methyl/N-ethyl adjacent to an activating group) is 1. The Morgan fingerprint density at radius 2 is 1.90 bits per heavy atom. The van der Waals surface area contributed by atoms with Gasteiger partial charge in [-0.3, -0.25) is 0 Å². The Morgan fingerprint density at radius 1 is 1.10 bits per heavy atom. The maximum atomic E-state index is 12.5. The molecule has 0 unspecified atom stereocenters.